The molecule has 1 rings (SSSR count). The molecular formula is C13H20O2Si. The number of rotatable bonds is 5. The van der Waals surface area contributed by atoms with Gasteiger partial charge in [-0.2, -0.15) is 0 Å². The molecule has 0 radical (unpaired) electrons. The van der Waals surface area contributed by atoms with Crippen molar-refractivity contribution in [1.82, 2.24) is 0 Å². The Morgan fingerprint density at radius 3 is 2.25 bits per heavy atom. The Kier molecular flexibility index (Phi) is 4.44. The lowest BCUT2D eigenvalue weighted by atomic mass is 10.1. The molecule has 1 aromatic rings. The van der Waals surface area contributed by atoms with Crippen molar-refractivity contribution in [3.63, 3.8) is 0 Å². The summed E-state index contributed by atoms with van der Waals surface area (Å²) in [6.45, 7) is 8.19. The number of carbonyl (C=O) groups excluding carboxylic acids is 1. The normalized spacial score (nSPS) is 15.5. The third kappa shape index (κ3) is 3.28. The minimum atomic E-state index is -1.88. The van der Waals surface area contributed by atoms with E-state index < -0.39 is 8.32 Å². The molecule has 0 saturated carbocycles. The number of hydrogen-bond acceptors (Lipinski definition) is 2. The van der Waals surface area contributed by atoms with Gasteiger partial charge < -0.3 is 9.22 Å². The van der Waals surface area contributed by atoms with Crippen LogP contribution in [0.3, 0.4) is 0 Å². The molecule has 0 bridgehead atoms. The molecule has 0 N–H and O–H groups in total. The van der Waals surface area contributed by atoms with Crippen LogP contribution in [0.4, 0.5) is 0 Å². The summed E-state index contributed by atoms with van der Waals surface area (Å²) in [7, 11) is -1.88. The second-order valence-electron chi connectivity index (χ2n) is 4.69. The average Bonchev–Trinajstić information content (AvgIpc) is 2.28. The quantitative estimate of drug-likeness (QED) is 0.579. The lowest BCUT2D eigenvalue weighted by Gasteiger charge is -2.29. The van der Waals surface area contributed by atoms with Gasteiger partial charge in [0, 0.05) is 5.92 Å². The third-order valence-corrected chi connectivity index (χ3v) is 5.59. The smallest absolute Gasteiger partial charge is 0.218 e. The average molecular weight is 236 g/mol. The summed E-state index contributed by atoms with van der Waals surface area (Å²) < 4.78 is 6.08. The van der Waals surface area contributed by atoms with E-state index >= 15 is 0 Å². The molecular weight excluding hydrogens is 216 g/mol. The van der Waals surface area contributed by atoms with Gasteiger partial charge in [-0.1, -0.05) is 37.3 Å². The molecule has 0 unspecified atom stereocenters. The molecule has 2 atom stereocenters. The molecule has 0 saturated heterocycles. The Labute approximate surface area is 98.8 Å². The van der Waals surface area contributed by atoms with E-state index in [1.807, 2.05) is 32.0 Å². The van der Waals surface area contributed by atoms with E-state index in [2.05, 4.69) is 25.2 Å². The van der Waals surface area contributed by atoms with Crippen LogP contribution >= 0.6 is 0 Å². The number of aldehydes is 1. The van der Waals surface area contributed by atoms with E-state index in [1.165, 1.54) is 5.19 Å². The number of carbonyl (C=O) groups is 1. The molecule has 0 amide bonds. The predicted molar refractivity (Wildman–Crippen MR) is 69.3 cm³/mol. The van der Waals surface area contributed by atoms with E-state index in [0.29, 0.717) is 0 Å². The summed E-state index contributed by atoms with van der Waals surface area (Å²) in [5, 5.41) is 1.26. The van der Waals surface area contributed by atoms with E-state index in [9.17, 15) is 4.79 Å². The van der Waals surface area contributed by atoms with Gasteiger partial charge in [-0.15, -0.1) is 0 Å². The molecule has 0 heterocycles. The van der Waals surface area contributed by atoms with Crippen LogP contribution in [0.2, 0.25) is 13.1 Å². The van der Waals surface area contributed by atoms with Crippen molar-refractivity contribution in [2.75, 3.05) is 0 Å². The molecule has 1 aromatic carbocycles. The molecule has 0 aliphatic heterocycles. The van der Waals surface area contributed by atoms with Crippen LogP contribution in [0.1, 0.15) is 13.8 Å². The van der Waals surface area contributed by atoms with Crippen LogP contribution in [0.15, 0.2) is 30.3 Å². The van der Waals surface area contributed by atoms with Crippen molar-refractivity contribution < 1.29 is 9.22 Å². The van der Waals surface area contributed by atoms with Gasteiger partial charge in [0.05, 0.1) is 6.10 Å². The van der Waals surface area contributed by atoms with Gasteiger partial charge in [-0.05, 0) is 25.2 Å². The highest BCUT2D eigenvalue weighted by molar-refractivity contribution is 6.84. The fraction of sp³-hybridized carbons (Fsp3) is 0.462. The van der Waals surface area contributed by atoms with Crippen molar-refractivity contribution in [2.24, 2.45) is 5.92 Å². The van der Waals surface area contributed by atoms with Gasteiger partial charge in [-0.25, -0.2) is 0 Å². The van der Waals surface area contributed by atoms with E-state index in [0.717, 1.165) is 6.29 Å². The molecule has 0 fully saturated rings. The monoisotopic (exact) mass is 236 g/mol. The van der Waals surface area contributed by atoms with Crippen molar-refractivity contribution in [3.8, 4) is 0 Å². The fourth-order valence-corrected chi connectivity index (χ4v) is 3.87. The van der Waals surface area contributed by atoms with Crippen LogP contribution in [-0.4, -0.2) is 20.7 Å². The summed E-state index contributed by atoms with van der Waals surface area (Å²) in [6, 6.07) is 10.3. The Balaban J connectivity index is 2.76. The topological polar surface area (TPSA) is 26.3 Å². The first-order chi connectivity index (χ1) is 7.47. The summed E-state index contributed by atoms with van der Waals surface area (Å²) in [5.74, 6) is -0.0458. The van der Waals surface area contributed by atoms with Gasteiger partial charge in [0.1, 0.15) is 6.29 Å². The lowest BCUT2D eigenvalue weighted by Crippen LogP contribution is -2.48. The molecule has 3 heteroatoms. The van der Waals surface area contributed by atoms with Crippen LogP contribution in [0.25, 0.3) is 0 Å². The van der Waals surface area contributed by atoms with Gasteiger partial charge in [0.2, 0.25) is 8.32 Å². The molecule has 0 aliphatic carbocycles. The van der Waals surface area contributed by atoms with Crippen LogP contribution in [0, 0.1) is 5.92 Å². The fourth-order valence-electron chi connectivity index (χ4n) is 1.59. The summed E-state index contributed by atoms with van der Waals surface area (Å²) in [4.78, 5) is 10.7. The van der Waals surface area contributed by atoms with Crippen molar-refractivity contribution >= 4 is 19.8 Å². The van der Waals surface area contributed by atoms with Crippen LogP contribution < -0.4 is 5.19 Å². The SMILES string of the molecule is C[C@H](C=O)[C@H](C)O[Si](C)(C)c1ccccc1. The zero-order valence-electron chi connectivity index (χ0n) is 10.4. The van der Waals surface area contributed by atoms with Gasteiger partial charge >= 0.3 is 0 Å². The van der Waals surface area contributed by atoms with Crippen molar-refractivity contribution in [1.29, 1.82) is 0 Å². The zero-order valence-corrected chi connectivity index (χ0v) is 11.4. The molecule has 88 valence electrons. The molecule has 0 aliphatic rings. The highest BCUT2D eigenvalue weighted by Gasteiger charge is 2.29. The minimum absolute atomic E-state index is 0.0145. The first-order valence-corrected chi connectivity index (χ1v) is 8.57. The number of hydrogen-bond donors (Lipinski definition) is 0. The molecule has 0 aromatic heterocycles. The maximum Gasteiger partial charge on any atom is 0.218 e. The summed E-state index contributed by atoms with van der Waals surface area (Å²) >= 11 is 0. The number of benzene rings is 1. The first-order valence-electron chi connectivity index (χ1n) is 5.66. The Morgan fingerprint density at radius 2 is 1.75 bits per heavy atom. The molecule has 2 nitrogen and oxygen atoms in total. The minimum Gasteiger partial charge on any atom is -0.410 e. The summed E-state index contributed by atoms with van der Waals surface area (Å²) in [6.07, 6.45) is 0.944. The van der Waals surface area contributed by atoms with Gasteiger partial charge in [0.15, 0.2) is 0 Å². The maximum absolute atomic E-state index is 10.7. The second-order valence-corrected chi connectivity index (χ2v) is 8.53. The largest absolute Gasteiger partial charge is 0.410 e. The van der Waals surface area contributed by atoms with E-state index in [-0.39, 0.29) is 12.0 Å². The van der Waals surface area contributed by atoms with Gasteiger partial charge in [0.25, 0.3) is 0 Å². The molecule has 16 heavy (non-hydrogen) atoms. The Hall–Kier alpha value is -0.933. The third-order valence-electron chi connectivity index (χ3n) is 2.90. The van der Waals surface area contributed by atoms with Gasteiger partial charge in [-0.3, -0.25) is 0 Å². The first kappa shape index (κ1) is 13.1. The Morgan fingerprint density at radius 1 is 1.19 bits per heavy atom. The highest BCUT2D eigenvalue weighted by Crippen LogP contribution is 2.13. The van der Waals surface area contributed by atoms with Crippen LogP contribution in [0.5, 0.6) is 0 Å². The predicted octanol–water partition coefficient (Wildman–Crippen LogP) is 2.34. The standard InChI is InChI=1S/C13H20O2Si/c1-11(10-14)12(2)15-16(3,4)13-8-6-5-7-9-13/h5-12H,1-4H3/t11-,12+/m1/s1. The summed E-state index contributed by atoms with van der Waals surface area (Å²) in [5.41, 5.74) is 0. The van der Waals surface area contributed by atoms with Crippen molar-refractivity contribution in [2.45, 2.75) is 33.0 Å². The van der Waals surface area contributed by atoms with Crippen molar-refractivity contribution in [3.05, 3.63) is 30.3 Å². The molecule has 0 spiro atoms. The van der Waals surface area contributed by atoms with E-state index in [4.69, 9.17) is 4.43 Å². The van der Waals surface area contributed by atoms with Crippen LogP contribution in [-0.2, 0) is 9.22 Å². The second kappa shape index (κ2) is 5.41. The van der Waals surface area contributed by atoms with E-state index in [1.54, 1.807) is 0 Å². The maximum atomic E-state index is 10.7. The zero-order chi connectivity index (χ0) is 12.2. The highest BCUT2D eigenvalue weighted by atomic mass is 28.4. The Bertz CT molecular complexity index is 335. The lowest BCUT2D eigenvalue weighted by molar-refractivity contribution is -0.112.